The lowest BCUT2D eigenvalue weighted by atomic mass is 10.3. The van der Waals surface area contributed by atoms with Gasteiger partial charge in [-0.3, -0.25) is 15.1 Å². The summed E-state index contributed by atoms with van der Waals surface area (Å²) in [6.07, 6.45) is 2.37. The van der Waals surface area contributed by atoms with Crippen LogP contribution in [0.15, 0.2) is 18.5 Å². The Morgan fingerprint density at radius 2 is 2.24 bits per heavy atom. The average Bonchev–Trinajstić information content (AvgIpc) is 2.23. The minimum absolute atomic E-state index is 0.0188. The van der Waals surface area contributed by atoms with E-state index in [9.17, 15) is 23.3 Å². The molecule has 1 N–H and O–H groups in total. The summed E-state index contributed by atoms with van der Waals surface area (Å²) in [6.45, 7) is -0.0188. The van der Waals surface area contributed by atoms with Crippen molar-refractivity contribution < 1.29 is 18.1 Å². The molecule has 0 fully saturated rings. The number of nitrogens with one attached hydrogen (secondary N) is 1. The Bertz CT molecular complexity index is 400. The van der Waals surface area contributed by atoms with E-state index in [1.165, 1.54) is 12.3 Å². The first-order chi connectivity index (χ1) is 7.90. The lowest BCUT2D eigenvalue weighted by Crippen LogP contribution is -2.10. The topological polar surface area (TPSA) is 68.1 Å². The molecule has 0 saturated heterocycles. The standard InChI is InChI=1S/C8H8F3N3O2S/c9-8(10,11)17-4-3-13-6-1-2-12-5-7(6)14(15)16/h1-2,5H,3-4H2,(H,12,13). The van der Waals surface area contributed by atoms with Gasteiger partial charge in [-0.25, -0.2) is 0 Å². The lowest BCUT2D eigenvalue weighted by Gasteiger charge is -2.07. The predicted molar refractivity (Wildman–Crippen MR) is 57.9 cm³/mol. The number of pyridine rings is 1. The van der Waals surface area contributed by atoms with E-state index in [2.05, 4.69) is 10.3 Å². The molecule has 0 unspecified atom stereocenters. The third-order valence-electron chi connectivity index (χ3n) is 1.68. The van der Waals surface area contributed by atoms with E-state index in [0.717, 1.165) is 6.20 Å². The summed E-state index contributed by atoms with van der Waals surface area (Å²) < 4.78 is 35.4. The van der Waals surface area contributed by atoms with Crippen molar-refractivity contribution in [3.8, 4) is 0 Å². The van der Waals surface area contributed by atoms with Gasteiger partial charge in [0.1, 0.15) is 11.9 Å². The van der Waals surface area contributed by atoms with E-state index in [4.69, 9.17) is 0 Å². The van der Waals surface area contributed by atoms with Crippen LogP contribution in [0.5, 0.6) is 0 Å². The second-order valence-electron chi connectivity index (χ2n) is 2.87. The second-order valence-corrected chi connectivity index (χ2v) is 4.03. The first-order valence-electron chi connectivity index (χ1n) is 4.43. The molecule has 0 aliphatic rings. The number of nitrogens with zero attached hydrogens (tertiary/aromatic N) is 2. The molecule has 0 aliphatic heterocycles. The minimum Gasteiger partial charge on any atom is -0.379 e. The predicted octanol–water partition coefficient (Wildman–Crippen LogP) is 2.65. The van der Waals surface area contributed by atoms with Crippen LogP contribution in [0.25, 0.3) is 0 Å². The Hall–Kier alpha value is -1.51. The molecule has 94 valence electrons. The molecule has 1 aromatic heterocycles. The average molecular weight is 267 g/mol. The first kappa shape index (κ1) is 13.6. The molecule has 0 atom stereocenters. The van der Waals surface area contributed by atoms with Gasteiger partial charge in [0.15, 0.2) is 0 Å². The second kappa shape index (κ2) is 5.71. The number of hydrogen-bond acceptors (Lipinski definition) is 5. The maximum atomic E-state index is 11.8. The highest BCUT2D eigenvalue weighted by Gasteiger charge is 2.27. The normalized spacial score (nSPS) is 11.2. The maximum absolute atomic E-state index is 11.8. The molecule has 0 radical (unpaired) electrons. The van der Waals surface area contributed by atoms with Crippen molar-refractivity contribution in [3.05, 3.63) is 28.6 Å². The lowest BCUT2D eigenvalue weighted by molar-refractivity contribution is -0.384. The summed E-state index contributed by atoms with van der Waals surface area (Å²) in [5.41, 5.74) is -4.39. The molecule has 0 bridgehead atoms. The number of anilines is 1. The molecular weight excluding hydrogens is 259 g/mol. The molecule has 0 amide bonds. The molecule has 1 aromatic rings. The van der Waals surface area contributed by atoms with Crippen molar-refractivity contribution in [2.24, 2.45) is 0 Å². The zero-order chi connectivity index (χ0) is 12.9. The van der Waals surface area contributed by atoms with E-state index in [1.54, 1.807) is 0 Å². The number of rotatable bonds is 5. The molecule has 5 nitrogen and oxygen atoms in total. The van der Waals surface area contributed by atoms with Gasteiger partial charge in [0, 0.05) is 18.5 Å². The van der Waals surface area contributed by atoms with Crippen LogP contribution < -0.4 is 5.32 Å². The molecular formula is C8H8F3N3O2S. The van der Waals surface area contributed by atoms with Gasteiger partial charge in [-0.2, -0.15) is 13.2 Å². The fourth-order valence-corrected chi connectivity index (χ4v) is 1.47. The SMILES string of the molecule is O=[N+]([O-])c1cnccc1NCCSC(F)(F)F. The highest BCUT2D eigenvalue weighted by atomic mass is 32.2. The Morgan fingerprint density at radius 3 is 2.82 bits per heavy atom. The first-order valence-corrected chi connectivity index (χ1v) is 5.41. The summed E-state index contributed by atoms with van der Waals surface area (Å²) in [4.78, 5) is 13.5. The number of thioether (sulfide) groups is 1. The minimum atomic E-state index is -4.29. The Labute approximate surface area is 98.6 Å². The van der Waals surface area contributed by atoms with Crippen molar-refractivity contribution in [2.45, 2.75) is 5.51 Å². The summed E-state index contributed by atoms with van der Waals surface area (Å²) in [5, 5.41) is 13.1. The summed E-state index contributed by atoms with van der Waals surface area (Å²) in [6, 6.07) is 1.34. The van der Waals surface area contributed by atoms with Crippen molar-refractivity contribution in [2.75, 3.05) is 17.6 Å². The largest absolute Gasteiger partial charge is 0.441 e. The van der Waals surface area contributed by atoms with Gasteiger partial charge >= 0.3 is 11.2 Å². The van der Waals surface area contributed by atoms with Crippen LogP contribution in [0.2, 0.25) is 0 Å². The van der Waals surface area contributed by atoms with E-state index in [0.29, 0.717) is 0 Å². The van der Waals surface area contributed by atoms with Crippen molar-refractivity contribution in [1.82, 2.24) is 4.98 Å². The smallest absolute Gasteiger partial charge is 0.379 e. The molecule has 0 aromatic carbocycles. The van der Waals surface area contributed by atoms with Crippen LogP contribution in [0.1, 0.15) is 0 Å². The van der Waals surface area contributed by atoms with Crippen LogP contribution in [0.3, 0.4) is 0 Å². The molecule has 0 aliphatic carbocycles. The Kier molecular flexibility index (Phi) is 4.55. The van der Waals surface area contributed by atoms with E-state index in [1.807, 2.05) is 0 Å². The van der Waals surface area contributed by atoms with Gasteiger partial charge in [-0.1, -0.05) is 0 Å². The number of aromatic nitrogens is 1. The van der Waals surface area contributed by atoms with Gasteiger partial charge in [-0.15, -0.1) is 0 Å². The van der Waals surface area contributed by atoms with E-state index >= 15 is 0 Å². The summed E-state index contributed by atoms with van der Waals surface area (Å²) >= 11 is -0.181. The third-order valence-corrected chi connectivity index (χ3v) is 2.42. The molecule has 0 spiro atoms. The van der Waals surface area contributed by atoms with Crippen molar-refractivity contribution >= 4 is 23.1 Å². The van der Waals surface area contributed by atoms with Gasteiger partial charge in [0.05, 0.1) is 4.92 Å². The molecule has 1 rings (SSSR count). The van der Waals surface area contributed by atoms with Gasteiger partial charge in [-0.05, 0) is 17.8 Å². The van der Waals surface area contributed by atoms with Gasteiger partial charge < -0.3 is 5.32 Å². The monoisotopic (exact) mass is 267 g/mol. The van der Waals surface area contributed by atoms with Crippen LogP contribution in [-0.4, -0.2) is 27.7 Å². The Morgan fingerprint density at radius 1 is 1.53 bits per heavy atom. The number of nitro groups is 1. The molecule has 17 heavy (non-hydrogen) atoms. The van der Waals surface area contributed by atoms with Crippen molar-refractivity contribution in [3.63, 3.8) is 0 Å². The number of hydrogen-bond donors (Lipinski definition) is 1. The van der Waals surface area contributed by atoms with E-state index in [-0.39, 0.29) is 35.4 Å². The van der Waals surface area contributed by atoms with Gasteiger partial charge in [0.2, 0.25) is 0 Å². The zero-order valence-electron chi connectivity index (χ0n) is 8.40. The fraction of sp³-hybridized carbons (Fsp3) is 0.375. The van der Waals surface area contributed by atoms with E-state index < -0.39 is 10.4 Å². The summed E-state index contributed by atoms with van der Waals surface area (Å²) in [5.74, 6) is -0.219. The van der Waals surface area contributed by atoms with Crippen LogP contribution >= 0.6 is 11.8 Å². The number of alkyl halides is 3. The Balaban J connectivity index is 2.49. The van der Waals surface area contributed by atoms with Crippen LogP contribution in [-0.2, 0) is 0 Å². The van der Waals surface area contributed by atoms with Crippen molar-refractivity contribution in [1.29, 1.82) is 0 Å². The molecule has 0 saturated carbocycles. The zero-order valence-corrected chi connectivity index (χ0v) is 9.22. The molecule has 1 heterocycles. The van der Waals surface area contributed by atoms with Gasteiger partial charge in [0.25, 0.3) is 0 Å². The molecule has 9 heteroatoms. The van der Waals surface area contributed by atoms with Crippen LogP contribution in [0, 0.1) is 10.1 Å². The maximum Gasteiger partial charge on any atom is 0.441 e. The fourth-order valence-electron chi connectivity index (χ4n) is 1.03. The highest BCUT2D eigenvalue weighted by Crippen LogP contribution is 2.30. The summed E-state index contributed by atoms with van der Waals surface area (Å²) in [7, 11) is 0. The van der Waals surface area contributed by atoms with Crippen LogP contribution in [0.4, 0.5) is 24.5 Å². The highest BCUT2D eigenvalue weighted by molar-refractivity contribution is 8.00. The third kappa shape index (κ3) is 4.89. The quantitative estimate of drug-likeness (QED) is 0.504. The number of halogens is 3.